The van der Waals surface area contributed by atoms with E-state index < -0.39 is 11.0 Å². The summed E-state index contributed by atoms with van der Waals surface area (Å²) in [5.41, 5.74) is 0.862. The minimum atomic E-state index is -1.20. The number of hydrogen-bond acceptors (Lipinski definition) is 2. The number of hydrogen-bond donors (Lipinski definition) is 1. The molecule has 1 N–H and O–H groups in total. The van der Waals surface area contributed by atoms with Crippen LogP contribution in [-0.4, -0.2) is 5.11 Å². The molecule has 0 heterocycles. The van der Waals surface area contributed by atoms with Crippen molar-refractivity contribution in [3.63, 3.8) is 0 Å². The van der Waals surface area contributed by atoms with Crippen molar-refractivity contribution in [1.29, 1.82) is 5.26 Å². The third kappa shape index (κ3) is 1.60. The first kappa shape index (κ1) is 12.9. The van der Waals surface area contributed by atoms with Gasteiger partial charge in [-0.25, -0.2) is 0 Å². The highest BCUT2D eigenvalue weighted by molar-refractivity contribution is 5.49. The van der Waals surface area contributed by atoms with Gasteiger partial charge in [0.2, 0.25) is 0 Å². The lowest BCUT2D eigenvalue weighted by Crippen LogP contribution is -2.44. The second-order valence-electron chi connectivity index (χ2n) is 5.61. The Bertz CT molecular complexity index is 669. The normalized spacial score (nSPS) is 23.6. The zero-order chi connectivity index (χ0) is 14.2. The Balaban J connectivity index is 2.19. The molecule has 2 nitrogen and oxygen atoms in total. The van der Waals surface area contributed by atoms with E-state index in [1.54, 1.807) is 6.92 Å². The van der Waals surface area contributed by atoms with E-state index >= 15 is 0 Å². The van der Waals surface area contributed by atoms with E-state index in [9.17, 15) is 10.4 Å². The van der Waals surface area contributed by atoms with Crippen LogP contribution in [-0.2, 0) is 17.4 Å². The average Bonchev–Trinajstić information content (AvgIpc) is 2.88. The van der Waals surface area contributed by atoms with Gasteiger partial charge in [-0.1, -0.05) is 54.6 Å². The molecule has 0 saturated heterocycles. The van der Waals surface area contributed by atoms with Crippen molar-refractivity contribution in [1.82, 2.24) is 0 Å². The van der Waals surface area contributed by atoms with Crippen LogP contribution in [0.5, 0.6) is 0 Å². The largest absolute Gasteiger partial charge is 0.383 e. The molecule has 2 unspecified atom stereocenters. The van der Waals surface area contributed by atoms with Crippen LogP contribution in [0.1, 0.15) is 30.0 Å². The first-order valence-electron chi connectivity index (χ1n) is 6.89. The van der Waals surface area contributed by atoms with Crippen LogP contribution in [0.4, 0.5) is 0 Å². The summed E-state index contributed by atoms with van der Waals surface area (Å²) in [5, 5.41) is 21.0. The van der Waals surface area contributed by atoms with E-state index in [2.05, 4.69) is 12.1 Å². The summed E-state index contributed by atoms with van der Waals surface area (Å²) in [4.78, 5) is 0. The van der Waals surface area contributed by atoms with Crippen molar-refractivity contribution < 1.29 is 5.11 Å². The molecule has 0 aliphatic heterocycles. The van der Waals surface area contributed by atoms with Gasteiger partial charge in [-0.3, -0.25) is 0 Å². The zero-order valence-corrected chi connectivity index (χ0v) is 11.5. The van der Waals surface area contributed by atoms with Crippen LogP contribution in [0, 0.1) is 11.3 Å². The Morgan fingerprint density at radius 3 is 2.45 bits per heavy atom. The van der Waals surface area contributed by atoms with Gasteiger partial charge in [-0.15, -0.1) is 0 Å². The Morgan fingerprint density at radius 2 is 1.75 bits per heavy atom. The predicted octanol–water partition coefficient (Wildman–Crippen LogP) is 3.30. The van der Waals surface area contributed by atoms with E-state index in [-0.39, 0.29) is 0 Å². The predicted molar refractivity (Wildman–Crippen MR) is 78.1 cm³/mol. The maximum atomic E-state index is 11.2. The van der Waals surface area contributed by atoms with Crippen molar-refractivity contribution in [3.8, 4) is 6.07 Å². The highest BCUT2D eigenvalue weighted by atomic mass is 16.3. The molecular formula is C18H17NO. The molecule has 2 heteroatoms. The van der Waals surface area contributed by atoms with Crippen LogP contribution < -0.4 is 0 Å². The third-order valence-electron chi connectivity index (χ3n) is 4.60. The van der Waals surface area contributed by atoms with Crippen molar-refractivity contribution in [2.75, 3.05) is 0 Å². The number of fused-ring (bicyclic) bond motifs is 1. The van der Waals surface area contributed by atoms with E-state index in [0.29, 0.717) is 6.42 Å². The average molecular weight is 263 g/mol. The number of benzene rings is 2. The number of nitriles is 1. The Kier molecular flexibility index (Phi) is 2.88. The Labute approximate surface area is 119 Å². The van der Waals surface area contributed by atoms with Gasteiger partial charge < -0.3 is 5.11 Å². The summed E-state index contributed by atoms with van der Waals surface area (Å²) >= 11 is 0. The molecule has 0 aromatic heterocycles. The Morgan fingerprint density at radius 1 is 1.10 bits per heavy atom. The molecule has 0 bridgehead atoms. The zero-order valence-electron chi connectivity index (χ0n) is 11.5. The second-order valence-corrected chi connectivity index (χ2v) is 5.61. The molecule has 1 aliphatic carbocycles. The molecule has 2 atom stereocenters. The van der Waals surface area contributed by atoms with Gasteiger partial charge in [0.05, 0.1) is 6.07 Å². The van der Waals surface area contributed by atoms with Crippen LogP contribution in [0.2, 0.25) is 0 Å². The molecule has 2 aromatic rings. The minimum absolute atomic E-state index is 0.657. The van der Waals surface area contributed by atoms with Gasteiger partial charge in [0, 0.05) is 0 Å². The summed E-state index contributed by atoms with van der Waals surface area (Å²) in [5.74, 6) is 0. The van der Waals surface area contributed by atoms with Crippen molar-refractivity contribution in [2.45, 2.75) is 30.8 Å². The van der Waals surface area contributed by atoms with Crippen molar-refractivity contribution in [3.05, 3.63) is 71.3 Å². The molecule has 100 valence electrons. The van der Waals surface area contributed by atoms with Gasteiger partial charge in [0.15, 0.2) is 0 Å². The second kappa shape index (κ2) is 4.47. The van der Waals surface area contributed by atoms with E-state index in [0.717, 1.165) is 17.5 Å². The lowest BCUT2D eigenvalue weighted by molar-refractivity contribution is -0.00409. The van der Waals surface area contributed by atoms with Crippen LogP contribution in [0.25, 0.3) is 0 Å². The number of rotatable bonds is 2. The number of aryl methyl sites for hydroxylation is 1. The molecule has 0 spiro atoms. The molecule has 1 aliphatic rings. The fourth-order valence-corrected chi connectivity index (χ4v) is 3.35. The Hall–Kier alpha value is -2.11. The van der Waals surface area contributed by atoms with Crippen LogP contribution in [0.3, 0.4) is 0 Å². The molecule has 0 fully saturated rings. The molecule has 0 radical (unpaired) electrons. The summed E-state index contributed by atoms with van der Waals surface area (Å²) in [7, 11) is 0. The van der Waals surface area contributed by atoms with Crippen molar-refractivity contribution in [2.24, 2.45) is 0 Å². The SMILES string of the molecule is CC(O)(c1ccccc1)C1(C#N)CCc2ccccc21. The van der Waals surface area contributed by atoms with Gasteiger partial charge in [0.1, 0.15) is 11.0 Å². The molecular weight excluding hydrogens is 246 g/mol. The lowest BCUT2D eigenvalue weighted by Gasteiger charge is -2.38. The molecule has 20 heavy (non-hydrogen) atoms. The summed E-state index contributed by atoms with van der Waals surface area (Å²) in [6, 6.07) is 19.9. The first-order valence-corrected chi connectivity index (χ1v) is 6.89. The smallest absolute Gasteiger partial charge is 0.115 e. The molecule has 0 saturated carbocycles. The van der Waals surface area contributed by atoms with E-state index in [4.69, 9.17) is 0 Å². The third-order valence-corrected chi connectivity index (χ3v) is 4.60. The summed E-state index contributed by atoms with van der Waals surface area (Å²) < 4.78 is 0. The molecule has 0 amide bonds. The standard InChI is InChI=1S/C18H17NO/c1-17(20,15-8-3-2-4-9-15)18(13-19)12-11-14-7-5-6-10-16(14)18/h2-10,20H,11-12H2,1H3. The number of nitrogens with zero attached hydrogens (tertiary/aromatic N) is 1. The fourth-order valence-electron chi connectivity index (χ4n) is 3.35. The maximum absolute atomic E-state index is 11.2. The van der Waals surface area contributed by atoms with Crippen molar-refractivity contribution >= 4 is 0 Å². The summed E-state index contributed by atoms with van der Waals surface area (Å²) in [6.07, 6.45) is 1.50. The lowest BCUT2D eigenvalue weighted by atomic mass is 9.67. The number of aliphatic hydroxyl groups is 1. The van der Waals surface area contributed by atoms with E-state index in [1.165, 1.54) is 5.56 Å². The summed E-state index contributed by atoms with van der Waals surface area (Å²) in [6.45, 7) is 1.76. The van der Waals surface area contributed by atoms with Crippen LogP contribution in [0.15, 0.2) is 54.6 Å². The highest BCUT2D eigenvalue weighted by Gasteiger charge is 2.53. The van der Waals surface area contributed by atoms with E-state index in [1.807, 2.05) is 48.5 Å². The van der Waals surface area contributed by atoms with Gasteiger partial charge >= 0.3 is 0 Å². The fraction of sp³-hybridized carbons (Fsp3) is 0.278. The van der Waals surface area contributed by atoms with Gasteiger partial charge in [-0.2, -0.15) is 5.26 Å². The van der Waals surface area contributed by atoms with Crippen LogP contribution >= 0.6 is 0 Å². The first-order chi connectivity index (χ1) is 9.62. The topological polar surface area (TPSA) is 44.0 Å². The monoisotopic (exact) mass is 263 g/mol. The van der Waals surface area contributed by atoms with Gasteiger partial charge in [-0.05, 0) is 36.5 Å². The highest BCUT2D eigenvalue weighted by Crippen LogP contribution is 2.50. The molecule has 3 rings (SSSR count). The van der Waals surface area contributed by atoms with Gasteiger partial charge in [0.25, 0.3) is 0 Å². The maximum Gasteiger partial charge on any atom is 0.115 e. The quantitative estimate of drug-likeness (QED) is 0.903. The minimum Gasteiger partial charge on any atom is -0.383 e. The molecule has 2 aromatic carbocycles.